The molecule has 82 valence electrons. The Morgan fingerprint density at radius 1 is 1.67 bits per heavy atom. The summed E-state index contributed by atoms with van der Waals surface area (Å²) in [7, 11) is 0. The number of nitrogens with zero attached hydrogens (tertiary/aromatic N) is 2. The first-order valence-corrected chi connectivity index (χ1v) is 4.66. The van der Waals surface area contributed by atoms with Crippen LogP contribution >= 0.6 is 0 Å². The molecule has 0 unspecified atom stereocenters. The number of aliphatic hydroxyl groups excluding tert-OH is 1. The summed E-state index contributed by atoms with van der Waals surface area (Å²) in [6.07, 6.45) is 3.93. The van der Waals surface area contributed by atoms with Gasteiger partial charge in [0.2, 0.25) is 0 Å². The minimum atomic E-state index is -0.926. The molecule has 0 aromatic carbocycles. The van der Waals surface area contributed by atoms with E-state index in [9.17, 15) is 4.79 Å². The molecule has 0 spiro atoms. The van der Waals surface area contributed by atoms with Gasteiger partial charge in [0.15, 0.2) is 0 Å². The quantitative estimate of drug-likeness (QED) is 0.659. The average molecular weight is 210 g/mol. The molecule has 0 radical (unpaired) electrons. The topological polar surface area (TPSA) is 75.4 Å². The van der Waals surface area contributed by atoms with E-state index in [1.807, 2.05) is 0 Å². The molecule has 0 aliphatic rings. The van der Waals surface area contributed by atoms with Crippen LogP contribution in [-0.2, 0) is 24.2 Å². The summed E-state index contributed by atoms with van der Waals surface area (Å²) < 4.78 is 1.66. The normalized spacial score (nSPS) is 10.2. The number of carboxylic acids is 1. The van der Waals surface area contributed by atoms with E-state index in [4.69, 9.17) is 10.2 Å². The number of aromatic nitrogens is 2. The fourth-order valence-electron chi connectivity index (χ4n) is 1.34. The highest BCUT2D eigenvalue weighted by Crippen LogP contribution is 2.05. The van der Waals surface area contributed by atoms with Gasteiger partial charge in [-0.2, -0.15) is 0 Å². The molecule has 5 nitrogen and oxygen atoms in total. The van der Waals surface area contributed by atoms with Crippen molar-refractivity contribution in [1.29, 1.82) is 0 Å². The number of allylic oxidation sites excluding steroid dienone is 1. The average Bonchev–Trinajstić information content (AvgIpc) is 2.48. The number of rotatable bonds is 6. The molecule has 2 N–H and O–H groups in total. The van der Waals surface area contributed by atoms with Gasteiger partial charge in [-0.05, 0) is 0 Å². The van der Waals surface area contributed by atoms with E-state index in [2.05, 4.69) is 11.6 Å². The van der Waals surface area contributed by atoms with Crippen molar-refractivity contribution in [2.75, 3.05) is 6.61 Å². The molecule has 0 saturated heterocycles. The van der Waals surface area contributed by atoms with Gasteiger partial charge >= 0.3 is 5.97 Å². The highest BCUT2D eigenvalue weighted by Gasteiger charge is 2.10. The molecule has 15 heavy (non-hydrogen) atoms. The van der Waals surface area contributed by atoms with E-state index in [1.54, 1.807) is 16.8 Å². The second-order valence-electron chi connectivity index (χ2n) is 3.13. The molecule has 0 atom stereocenters. The van der Waals surface area contributed by atoms with Crippen LogP contribution in [-0.4, -0.2) is 32.3 Å². The maximum absolute atomic E-state index is 10.6. The lowest BCUT2D eigenvalue weighted by molar-refractivity contribution is -0.136. The number of aliphatic hydroxyl groups is 1. The standard InChI is InChI=1S/C10H14N2O3/c1-2-3-8-7-12(4-5-13)9(11-8)6-10(14)15/h2,7,13H,1,3-6H2,(H,14,15). The maximum atomic E-state index is 10.6. The van der Waals surface area contributed by atoms with E-state index < -0.39 is 5.97 Å². The number of carbonyl (C=O) groups is 1. The van der Waals surface area contributed by atoms with E-state index in [1.165, 1.54) is 0 Å². The molecule has 0 aliphatic carbocycles. The zero-order valence-electron chi connectivity index (χ0n) is 8.39. The Bertz CT molecular complexity index is 358. The van der Waals surface area contributed by atoms with Crippen molar-refractivity contribution in [3.8, 4) is 0 Å². The van der Waals surface area contributed by atoms with Crippen LogP contribution in [0.25, 0.3) is 0 Å². The minimum Gasteiger partial charge on any atom is -0.481 e. The number of imidazole rings is 1. The van der Waals surface area contributed by atoms with Crippen LogP contribution < -0.4 is 0 Å². The molecule has 5 heteroatoms. The lowest BCUT2D eigenvalue weighted by Crippen LogP contribution is -2.10. The summed E-state index contributed by atoms with van der Waals surface area (Å²) in [4.78, 5) is 14.7. The van der Waals surface area contributed by atoms with Crippen LogP contribution in [0.1, 0.15) is 11.5 Å². The Morgan fingerprint density at radius 3 is 2.93 bits per heavy atom. The van der Waals surface area contributed by atoms with Gasteiger partial charge in [-0.15, -0.1) is 6.58 Å². The highest BCUT2D eigenvalue weighted by molar-refractivity contribution is 5.69. The van der Waals surface area contributed by atoms with Gasteiger partial charge in [0.25, 0.3) is 0 Å². The summed E-state index contributed by atoms with van der Waals surface area (Å²) in [5, 5.41) is 17.5. The first kappa shape index (κ1) is 11.5. The van der Waals surface area contributed by atoms with Gasteiger partial charge in [-0.3, -0.25) is 4.79 Å². The molecule has 0 bridgehead atoms. The molecule has 0 fully saturated rings. The third kappa shape index (κ3) is 3.21. The molecule has 1 aromatic heterocycles. The van der Waals surface area contributed by atoms with Crippen LogP contribution in [0, 0.1) is 0 Å². The van der Waals surface area contributed by atoms with Crippen molar-refractivity contribution in [2.45, 2.75) is 19.4 Å². The summed E-state index contributed by atoms with van der Waals surface area (Å²) >= 11 is 0. The largest absolute Gasteiger partial charge is 0.481 e. The van der Waals surface area contributed by atoms with E-state index >= 15 is 0 Å². The molecule has 1 rings (SSSR count). The second kappa shape index (κ2) is 5.31. The lowest BCUT2D eigenvalue weighted by Gasteiger charge is -2.02. The fourth-order valence-corrected chi connectivity index (χ4v) is 1.34. The smallest absolute Gasteiger partial charge is 0.311 e. The van der Waals surface area contributed by atoms with Gasteiger partial charge in [0.1, 0.15) is 12.2 Å². The van der Waals surface area contributed by atoms with E-state index in [-0.39, 0.29) is 13.0 Å². The van der Waals surface area contributed by atoms with Crippen molar-refractivity contribution in [2.24, 2.45) is 0 Å². The molecule has 0 aliphatic heterocycles. The third-order valence-corrected chi connectivity index (χ3v) is 1.91. The molecular weight excluding hydrogens is 196 g/mol. The second-order valence-corrected chi connectivity index (χ2v) is 3.13. The first-order chi connectivity index (χ1) is 7.17. The first-order valence-electron chi connectivity index (χ1n) is 4.66. The molecular formula is C10H14N2O3. The van der Waals surface area contributed by atoms with Gasteiger partial charge in [-0.25, -0.2) is 4.98 Å². The Balaban J connectivity index is 2.88. The molecule has 1 heterocycles. The summed E-state index contributed by atoms with van der Waals surface area (Å²) in [6, 6.07) is 0. The predicted molar refractivity (Wildman–Crippen MR) is 54.6 cm³/mol. The number of aliphatic carboxylic acids is 1. The lowest BCUT2D eigenvalue weighted by atomic mass is 10.3. The third-order valence-electron chi connectivity index (χ3n) is 1.91. The van der Waals surface area contributed by atoms with Gasteiger partial charge in [-0.1, -0.05) is 6.08 Å². The zero-order chi connectivity index (χ0) is 11.3. The van der Waals surface area contributed by atoms with Crippen LogP contribution in [0.15, 0.2) is 18.9 Å². The van der Waals surface area contributed by atoms with Crippen molar-refractivity contribution >= 4 is 5.97 Å². The minimum absolute atomic E-state index is 0.0312. The van der Waals surface area contributed by atoms with Crippen molar-refractivity contribution in [3.63, 3.8) is 0 Å². The molecule has 1 aromatic rings. The van der Waals surface area contributed by atoms with Gasteiger partial charge in [0.05, 0.1) is 12.3 Å². The molecule has 0 amide bonds. The number of hydrogen-bond donors (Lipinski definition) is 2. The Hall–Kier alpha value is -1.62. The summed E-state index contributed by atoms with van der Waals surface area (Å²) in [6.45, 7) is 3.92. The van der Waals surface area contributed by atoms with E-state index in [0.717, 1.165) is 5.69 Å². The highest BCUT2D eigenvalue weighted by atomic mass is 16.4. The van der Waals surface area contributed by atoms with Crippen LogP contribution in [0.4, 0.5) is 0 Å². The van der Waals surface area contributed by atoms with Crippen molar-refractivity contribution < 1.29 is 15.0 Å². The predicted octanol–water partition coefficient (Wildman–Crippen LogP) is 0.231. The van der Waals surface area contributed by atoms with Gasteiger partial charge in [0, 0.05) is 19.2 Å². The number of hydrogen-bond acceptors (Lipinski definition) is 3. The van der Waals surface area contributed by atoms with Crippen LogP contribution in [0.3, 0.4) is 0 Å². The monoisotopic (exact) mass is 210 g/mol. The van der Waals surface area contributed by atoms with Crippen molar-refractivity contribution in [1.82, 2.24) is 9.55 Å². The SMILES string of the molecule is C=CCc1cn(CCO)c(CC(=O)O)n1. The number of carboxylic acid groups (broad SMARTS) is 1. The Morgan fingerprint density at radius 2 is 2.40 bits per heavy atom. The summed E-state index contributed by atoms with van der Waals surface area (Å²) in [5.41, 5.74) is 0.773. The zero-order valence-corrected chi connectivity index (χ0v) is 8.39. The van der Waals surface area contributed by atoms with Crippen molar-refractivity contribution in [3.05, 3.63) is 30.4 Å². The molecule has 0 saturated carbocycles. The van der Waals surface area contributed by atoms with Gasteiger partial charge < -0.3 is 14.8 Å². The van der Waals surface area contributed by atoms with Crippen LogP contribution in [0.5, 0.6) is 0 Å². The Labute approximate surface area is 87.7 Å². The van der Waals surface area contributed by atoms with E-state index in [0.29, 0.717) is 18.8 Å². The summed E-state index contributed by atoms with van der Waals surface area (Å²) in [5.74, 6) is -0.460. The Kier molecular flexibility index (Phi) is 4.05. The fraction of sp³-hybridized carbons (Fsp3) is 0.400. The maximum Gasteiger partial charge on any atom is 0.311 e. The van der Waals surface area contributed by atoms with Crippen LogP contribution in [0.2, 0.25) is 0 Å².